The van der Waals surface area contributed by atoms with Gasteiger partial charge in [0, 0.05) is 36.6 Å². The standard InChI is InChI=1S/C20H34N4O2S/c1-2-21-19(23-15-20(7-11-25)8-12-26-16-20)22-14-17(18-6-5-13-27-18)24-9-3-4-10-24/h5-6,13,17,25H,2-4,7-12,14-16H2,1H3,(H2,21,22,23). The molecule has 0 saturated carbocycles. The molecule has 0 spiro atoms. The second-order valence-corrected chi connectivity index (χ2v) is 8.61. The fourth-order valence-electron chi connectivity index (χ4n) is 4.01. The van der Waals surface area contributed by atoms with Gasteiger partial charge in [-0.05, 0) is 57.1 Å². The number of aliphatic hydroxyl groups excluding tert-OH is 1. The van der Waals surface area contributed by atoms with Crippen molar-refractivity contribution in [1.82, 2.24) is 15.5 Å². The minimum absolute atomic E-state index is 0.0147. The molecule has 2 unspecified atom stereocenters. The van der Waals surface area contributed by atoms with Crippen LogP contribution in [-0.2, 0) is 4.74 Å². The van der Waals surface area contributed by atoms with Crippen molar-refractivity contribution in [3.63, 3.8) is 0 Å². The van der Waals surface area contributed by atoms with Crippen LogP contribution in [0.15, 0.2) is 22.5 Å². The molecule has 2 saturated heterocycles. The van der Waals surface area contributed by atoms with Gasteiger partial charge in [0.1, 0.15) is 0 Å². The van der Waals surface area contributed by atoms with Crippen LogP contribution >= 0.6 is 11.3 Å². The van der Waals surface area contributed by atoms with Crippen LogP contribution in [0.25, 0.3) is 0 Å². The van der Waals surface area contributed by atoms with E-state index < -0.39 is 0 Å². The highest BCUT2D eigenvalue weighted by Gasteiger charge is 2.34. The van der Waals surface area contributed by atoms with E-state index in [2.05, 4.69) is 40.0 Å². The molecule has 0 aromatic carbocycles. The number of likely N-dealkylation sites (tertiary alicyclic amines) is 1. The van der Waals surface area contributed by atoms with Crippen molar-refractivity contribution < 1.29 is 9.84 Å². The van der Waals surface area contributed by atoms with Gasteiger partial charge in [0.05, 0.1) is 19.2 Å². The Labute approximate surface area is 167 Å². The second kappa shape index (κ2) is 10.4. The Morgan fingerprint density at radius 2 is 2.26 bits per heavy atom. The molecule has 0 radical (unpaired) electrons. The van der Waals surface area contributed by atoms with Gasteiger partial charge in [-0.25, -0.2) is 0 Å². The molecule has 7 heteroatoms. The Morgan fingerprint density at radius 1 is 1.41 bits per heavy atom. The first-order valence-corrected chi connectivity index (χ1v) is 11.1. The van der Waals surface area contributed by atoms with Gasteiger partial charge in [0.2, 0.25) is 0 Å². The van der Waals surface area contributed by atoms with Crippen molar-refractivity contribution in [2.24, 2.45) is 10.4 Å². The fraction of sp³-hybridized carbons (Fsp3) is 0.750. The van der Waals surface area contributed by atoms with Gasteiger partial charge in [0.15, 0.2) is 5.96 Å². The molecule has 3 heterocycles. The first-order valence-electron chi connectivity index (χ1n) is 10.2. The molecule has 27 heavy (non-hydrogen) atoms. The van der Waals surface area contributed by atoms with E-state index in [-0.39, 0.29) is 12.0 Å². The topological polar surface area (TPSA) is 69.1 Å². The highest BCUT2D eigenvalue weighted by Crippen LogP contribution is 2.32. The van der Waals surface area contributed by atoms with Crippen molar-refractivity contribution in [3.05, 3.63) is 22.4 Å². The third kappa shape index (κ3) is 5.67. The zero-order valence-corrected chi connectivity index (χ0v) is 17.3. The van der Waals surface area contributed by atoms with Crippen LogP contribution in [0.2, 0.25) is 0 Å². The number of guanidine groups is 1. The van der Waals surface area contributed by atoms with E-state index in [0.717, 1.165) is 38.5 Å². The summed E-state index contributed by atoms with van der Waals surface area (Å²) in [4.78, 5) is 8.86. The smallest absolute Gasteiger partial charge is 0.191 e. The van der Waals surface area contributed by atoms with Crippen LogP contribution in [0.4, 0.5) is 0 Å². The summed E-state index contributed by atoms with van der Waals surface area (Å²) in [5, 5.41) is 18.5. The van der Waals surface area contributed by atoms with Gasteiger partial charge in [-0.3, -0.25) is 9.89 Å². The Bertz CT molecular complexity index is 567. The highest BCUT2D eigenvalue weighted by molar-refractivity contribution is 7.10. The van der Waals surface area contributed by atoms with Crippen LogP contribution in [-0.4, -0.2) is 68.5 Å². The maximum absolute atomic E-state index is 9.42. The second-order valence-electron chi connectivity index (χ2n) is 7.63. The zero-order chi connectivity index (χ0) is 19.0. The molecular weight excluding hydrogens is 360 g/mol. The van der Waals surface area contributed by atoms with Crippen molar-refractivity contribution in [2.75, 3.05) is 52.5 Å². The maximum atomic E-state index is 9.42. The summed E-state index contributed by atoms with van der Waals surface area (Å²) in [6.45, 7) is 8.49. The van der Waals surface area contributed by atoms with E-state index in [1.54, 1.807) is 0 Å². The molecule has 0 bridgehead atoms. The average molecular weight is 395 g/mol. The Balaban J connectivity index is 1.63. The summed E-state index contributed by atoms with van der Waals surface area (Å²) in [6.07, 6.45) is 4.31. The third-order valence-corrected chi connectivity index (χ3v) is 6.63. The van der Waals surface area contributed by atoms with Crippen molar-refractivity contribution in [3.8, 4) is 0 Å². The summed E-state index contributed by atoms with van der Waals surface area (Å²) in [7, 11) is 0. The van der Waals surface area contributed by atoms with E-state index in [1.165, 1.54) is 30.8 Å². The molecule has 0 amide bonds. The van der Waals surface area contributed by atoms with Gasteiger partial charge in [-0.15, -0.1) is 11.3 Å². The van der Waals surface area contributed by atoms with E-state index in [1.807, 2.05) is 11.3 Å². The Morgan fingerprint density at radius 3 is 2.89 bits per heavy atom. The number of nitrogens with zero attached hydrogens (tertiary/aromatic N) is 2. The van der Waals surface area contributed by atoms with E-state index >= 15 is 0 Å². The quantitative estimate of drug-likeness (QED) is 0.443. The lowest BCUT2D eigenvalue weighted by atomic mass is 9.84. The molecule has 6 nitrogen and oxygen atoms in total. The number of rotatable bonds is 9. The van der Waals surface area contributed by atoms with E-state index in [0.29, 0.717) is 19.2 Å². The zero-order valence-electron chi connectivity index (χ0n) is 16.5. The van der Waals surface area contributed by atoms with Gasteiger partial charge in [-0.1, -0.05) is 6.07 Å². The van der Waals surface area contributed by atoms with Crippen LogP contribution < -0.4 is 10.6 Å². The first-order chi connectivity index (χ1) is 13.3. The first kappa shape index (κ1) is 20.6. The van der Waals surface area contributed by atoms with E-state index in [4.69, 9.17) is 9.73 Å². The summed E-state index contributed by atoms with van der Waals surface area (Å²) in [5.41, 5.74) is -0.0147. The van der Waals surface area contributed by atoms with E-state index in [9.17, 15) is 5.11 Å². The third-order valence-electron chi connectivity index (χ3n) is 5.66. The predicted octanol–water partition coefficient (Wildman–Crippen LogP) is 2.23. The van der Waals surface area contributed by atoms with Gasteiger partial charge in [-0.2, -0.15) is 0 Å². The molecule has 152 valence electrons. The molecule has 2 aliphatic heterocycles. The van der Waals surface area contributed by atoms with Crippen molar-refractivity contribution in [1.29, 1.82) is 0 Å². The lowest BCUT2D eigenvalue weighted by Crippen LogP contribution is -2.43. The molecule has 0 aliphatic carbocycles. The number of hydrogen-bond acceptors (Lipinski definition) is 5. The number of thiophene rings is 1. The Kier molecular flexibility index (Phi) is 7.93. The number of nitrogens with one attached hydrogen (secondary N) is 2. The van der Waals surface area contributed by atoms with Gasteiger partial charge in [0.25, 0.3) is 0 Å². The van der Waals surface area contributed by atoms with Crippen LogP contribution in [0, 0.1) is 5.41 Å². The molecule has 2 atom stereocenters. The maximum Gasteiger partial charge on any atom is 0.191 e. The summed E-state index contributed by atoms with van der Waals surface area (Å²) < 4.78 is 5.59. The fourth-order valence-corrected chi connectivity index (χ4v) is 4.87. The van der Waals surface area contributed by atoms with Crippen LogP contribution in [0.1, 0.15) is 43.5 Å². The molecule has 3 rings (SSSR count). The van der Waals surface area contributed by atoms with Gasteiger partial charge < -0.3 is 20.5 Å². The summed E-state index contributed by atoms with van der Waals surface area (Å²) in [6, 6.07) is 4.78. The number of aliphatic hydroxyl groups is 1. The predicted molar refractivity (Wildman–Crippen MR) is 111 cm³/mol. The summed E-state index contributed by atoms with van der Waals surface area (Å²) in [5.74, 6) is 0.863. The molecular formula is C20H34N4O2S. The Hall–Kier alpha value is -1.15. The minimum atomic E-state index is -0.0147. The molecule has 1 aromatic heterocycles. The molecule has 3 N–H and O–H groups in total. The average Bonchev–Trinajstić information content (AvgIpc) is 3.43. The molecule has 2 fully saturated rings. The lowest BCUT2D eigenvalue weighted by Gasteiger charge is -2.28. The van der Waals surface area contributed by atoms with Crippen molar-refractivity contribution >= 4 is 17.3 Å². The summed E-state index contributed by atoms with van der Waals surface area (Å²) >= 11 is 1.84. The van der Waals surface area contributed by atoms with Crippen LogP contribution in [0.5, 0.6) is 0 Å². The normalized spacial score (nSPS) is 25.0. The highest BCUT2D eigenvalue weighted by atomic mass is 32.1. The minimum Gasteiger partial charge on any atom is -0.396 e. The number of ether oxygens (including phenoxy) is 1. The molecule has 2 aliphatic rings. The van der Waals surface area contributed by atoms with Crippen molar-refractivity contribution in [2.45, 2.75) is 38.6 Å². The van der Waals surface area contributed by atoms with Gasteiger partial charge >= 0.3 is 0 Å². The van der Waals surface area contributed by atoms with Crippen LogP contribution in [0.3, 0.4) is 0 Å². The number of hydrogen-bond donors (Lipinski definition) is 3. The largest absolute Gasteiger partial charge is 0.396 e. The number of aliphatic imine (C=N–C) groups is 1. The monoisotopic (exact) mass is 394 g/mol. The molecule has 1 aromatic rings. The SMILES string of the molecule is CCNC(=NCC1(CCO)CCOC1)NCC(c1cccs1)N1CCCC1. The lowest BCUT2D eigenvalue weighted by molar-refractivity contribution is 0.131.